The average Bonchev–Trinajstić information content (AvgIpc) is 2.47. The number of rotatable bonds is 3. The van der Waals surface area contributed by atoms with Crippen molar-refractivity contribution in [1.29, 1.82) is 0 Å². The summed E-state index contributed by atoms with van der Waals surface area (Å²) in [4.78, 5) is 24.5. The molecule has 21 heavy (non-hydrogen) atoms. The molecule has 1 heterocycles. The number of hydrogen-bond acceptors (Lipinski definition) is 3. The molecule has 1 aromatic rings. The van der Waals surface area contributed by atoms with Gasteiger partial charge in [0.05, 0.1) is 15.5 Å². The summed E-state index contributed by atoms with van der Waals surface area (Å²) in [6, 6.07) is 3.98. The molecule has 114 valence electrons. The highest BCUT2D eigenvalue weighted by molar-refractivity contribution is 6.33. The first-order chi connectivity index (χ1) is 9.90. The first-order valence-corrected chi connectivity index (χ1v) is 7.51. The van der Waals surface area contributed by atoms with Crippen LogP contribution in [-0.4, -0.2) is 28.8 Å². The second kappa shape index (κ2) is 6.43. The van der Waals surface area contributed by atoms with Gasteiger partial charge in [0.1, 0.15) is 0 Å². The Hall–Kier alpha value is -1.62. The molecule has 0 aromatic heterocycles. The van der Waals surface area contributed by atoms with E-state index in [1.807, 2.05) is 0 Å². The van der Waals surface area contributed by atoms with E-state index < -0.39 is 4.92 Å². The Morgan fingerprint density at radius 3 is 2.52 bits per heavy atom. The molecule has 1 saturated heterocycles. The van der Waals surface area contributed by atoms with Gasteiger partial charge in [-0.1, -0.05) is 25.4 Å². The fourth-order valence-corrected chi connectivity index (χ4v) is 2.93. The van der Waals surface area contributed by atoms with Gasteiger partial charge in [-0.05, 0) is 30.7 Å². The highest BCUT2D eigenvalue weighted by atomic mass is 35.5. The Kier molecular flexibility index (Phi) is 4.83. The van der Waals surface area contributed by atoms with Crippen molar-refractivity contribution >= 4 is 23.2 Å². The summed E-state index contributed by atoms with van der Waals surface area (Å²) in [6.45, 7) is 5.75. The zero-order valence-electron chi connectivity index (χ0n) is 12.2. The van der Waals surface area contributed by atoms with Gasteiger partial charge in [-0.15, -0.1) is 0 Å². The van der Waals surface area contributed by atoms with Gasteiger partial charge < -0.3 is 4.90 Å². The molecule has 0 N–H and O–H groups in total. The zero-order valence-corrected chi connectivity index (χ0v) is 13.0. The van der Waals surface area contributed by atoms with Gasteiger partial charge in [0.25, 0.3) is 11.6 Å². The Morgan fingerprint density at radius 1 is 1.38 bits per heavy atom. The van der Waals surface area contributed by atoms with Crippen molar-refractivity contribution in [2.45, 2.75) is 26.7 Å². The number of carbonyl (C=O) groups excluding carboxylic acids is 1. The van der Waals surface area contributed by atoms with E-state index in [2.05, 4.69) is 13.8 Å². The van der Waals surface area contributed by atoms with Gasteiger partial charge in [-0.25, -0.2) is 0 Å². The highest BCUT2D eigenvalue weighted by Crippen LogP contribution is 2.28. The van der Waals surface area contributed by atoms with E-state index in [1.165, 1.54) is 18.2 Å². The minimum absolute atomic E-state index is 0.111. The van der Waals surface area contributed by atoms with Crippen LogP contribution >= 0.6 is 11.6 Å². The first kappa shape index (κ1) is 15.8. The number of hydrogen-bond donors (Lipinski definition) is 0. The first-order valence-electron chi connectivity index (χ1n) is 7.13. The molecule has 0 aliphatic carbocycles. The largest absolute Gasteiger partial charge is 0.339 e. The summed E-state index contributed by atoms with van der Waals surface area (Å²) in [7, 11) is 0. The molecular formula is C15H19ClN2O3. The molecule has 0 saturated carbocycles. The van der Waals surface area contributed by atoms with Crippen LogP contribution in [0.5, 0.6) is 0 Å². The highest BCUT2D eigenvalue weighted by Gasteiger charge is 2.27. The molecule has 5 nitrogen and oxygen atoms in total. The molecule has 0 unspecified atom stereocenters. The molecule has 2 rings (SSSR count). The third-order valence-electron chi connectivity index (χ3n) is 4.16. The monoisotopic (exact) mass is 310 g/mol. The van der Waals surface area contributed by atoms with E-state index in [0.29, 0.717) is 24.9 Å². The van der Waals surface area contributed by atoms with Crippen molar-refractivity contribution in [3.8, 4) is 0 Å². The lowest BCUT2D eigenvalue weighted by Gasteiger charge is -2.34. The standard InChI is InChI=1S/C15H19ClN2O3/c1-10(2)11-5-7-17(8-6-11)15(19)13-9-12(18(20)21)3-4-14(13)16/h3-4,9-11H,5-8H2,1-2H3. The van der Waals surface area contributed by atoms with Crippen LogP contribution in [0.15, 0.2) is 18.2 Å². The number of carbonyl (C=O) groups is 1. The summed E-state index contributed by atoms with van der Waals surface area (Å²) in [5, 5.41) is 11.1. The van der Waals surface area contributed by atoms with Crippen molar-refractivity contribution in [1.82, 2.24) is 4.90 Å². The molecule has 1 aliphatic rings. The van der Waals surface area contributed by atoms with Crippen LogP contribution in [0, 0.1) is 22.0 Å². The smallest absolute Gasteiger partial charge is 0.270 e. The minimum atomic E-state index is -0.516. The van der Waals surface area contributed by atoms with E-state index in [1.54, 1.807) is 4.90 Å². The maximum Gasteiger partial charge on any atom is 0.270 e. The molecule has 6 heteroatoms. The third kappa shape index (κ3) is 3.53. The van der Waals surface area contributed by atoms with E-state index in [9.17, 15) is 14.9 Å². The van der Waals surface area contributed by atoms with Crippen LogP contribution < -0.4 is 0 Å². The molecule has 0 radical (unpaired) electrons. The average molecular weight is 311 g/mol. The van der Waals surface area contributed by atoms with Gasteiger partial charge in [0.15, 0.2) is 0 Å². The quantitative estimate of drug-likeness (QED) is 0.631. The molecule has 1 aromatic carbocycles. The lowest BCUT2D eigenvalue weighted by atomic mass is 9.86. The normalized spacial score (nSPS) is 16.3. The van der Waals surface area contributed by atoms with Crippen LogP contribution in [-0.2, 0) is 0 Å². The summed E-state index contributed by atoms with van der Waals surface area (Å²) in [5.74, 6) is 1.03. The summed E-state index contributed by atoms with van der Waals surface area (Å²) in [5.41, 5.74) is 0.105. The number of benzene rings is 1. The summed E-state index contributed by atoms with van der Waals surface area (Å²) < 4.78 is 0. The number of nitro benzene ring substituents is 1. The lowest BCUT2D eigenvalue weighted by Crippen LogP contribution is -2.39. The Bertz CT molecular complexity index is 552. The van der Waals surface area contributed by atoms with Crippen LogP contribution in [0.2, 0.25) is 5.02 Å². The number of nitrogens with zero attached hydrogens (tertiary/aromatic N) is 2. The molecule has 1 fully saturated rings. The predicted molar refractivity (Wildman–Crippen MR) is 81.6 cm³/mol. The molecule has 0 spiro atoms. The van der Waals surface area contributed by atoms with Crippen LogP contribution in [0.1, 0.15) is 37.0 Å². The molecule has 0 bridgehead atoms. The zero-order chi connectivity index (χ0) is 15.6. The van der Waals surface area contributed by atoms with Crippen LogP contribution in [0.3, 0.4) is 0 Å². The van der Waals surface area contributed by atoms with Crippen molar-refractivity contribution in [3.05, 3.63) is 38.9 Å². The topological polar surface area (TPSA) is 63.5 Å². The predicted octanol–water partition coefficient (Wildman–Crippen LogP) is 3.76. The van der Waals surface area contributed by atoms with Gasteiger partial charge in [-0.2, -0.15) is 0 Å². The minimum Gasteiger partial charge on any atom is -0.339 e. The number of amides is 1. The fourth-order valence-electron chi connectivity index (χ4n) is 2.73. The number of piperidine rings is 1. The van der Waals surface area contributed by atoms with Crippen molar-refractivity contribution in [3.63, 3.8) is 0 Å². The second-order valence-corrected chi connectivity index (χ2v) is 6.20. The Morgan fingerprint density at radius 2 is 2.00 bits per heavy atom. The lowest BCUT2D eigenvalue weighted by molar-refractivity contribution is -0.384. The fraction of sp³-hybridized carbons (Fsp3) is 0.533. The summed E-state index contributed by atoms with van der Waals surface area (Å²) >= 11 is 6.02. The summed E-state index contributed by atoms with van der Waals surface area (Å²) in [6.07, 6.45) is 1.94. The number of halogens is 1. The van der Waals surface area contributed by atoms with Crippen LogP contribution in [0.25, 0.3) is 0 Å². The van der Waals surface area contributed by atoms with Gasteiger partial charge >= 0.3 is 0 Å². The van der Waals surface area contributed by atoms with E-state index in [4.69, 9.17) is 11.6 Å². The van der Waals surface area contributed by atoms with Gasteiger partial charge in [0.2, 0.25) is 0 Å². The molecule has 1 amide bonds. The maximum atomic E-state index is 12.5. The van der Waals surface area contributed by atoms with E-state index in [0.717, 1.165) is 12.8 Å². The number of likely N-dealkylation sites (tertiary alicyclic amines) is 1. The third-order valence-corrected chi connectivity index (χ3v) is 4.49. The SMILES string of the molecule is CC(C)C1CCN(C(=O)c2cc([N+](=O)[O-])ccc2Cl)CC1. The van der Waals surface area contributed by atoms with E-state index >= 15 is 0 Å². The molecular weight excluding hydrogens is 292 g/mol. The van der Waals surface area contributed by atoms with Crippen molar-refractivity contribution < 1.29 is 9.72 Å². The Labute approximate surface area is 129 Å². The number of nitro groups is 1. The van der Waals surface area contributed by atoms with Crippen molar-refractivity contribution in [2.24, 2.45) is 11.8 Å². The second-order valence-electron chi connectivity index (χ2n) is 5.79. The van der Waals surface area contributed by atoms with Crippen LogP contribution in [0.4, 0.5) is 5.69 Å². The van der Waals surface area contributed by atoms with Gasteiger partial charge in [0, 0.05) is 25.2 Å². The van der Waals surface area contributed by atoms with Crippen molar-refractivity contribution in [2.75, 3.05) is 13.1 Å². The van der Waals surface area contributed by atoms with Gasteiger partial charge in [-0.3, -0.25) is 14.9 Å². The number of non-ortho nitro benzene ring substituents is 1. The molecule has 1 aliphatic heterocycles. The maximum absolute atomic E-state index is 12.5. The Balaban J connectivity index is 2.14. The van der Waals surface area contributed by atoms with E-state index in [-0.39, 0.29) is 22.2 Å². The molecule has 0 atom stereocenters.